The molecular formula is C16H22N2O3. The first-order valence-electron chi connectivity index (χ1n) is 7.34. The van der Waals surface area contributed by atoms with Gasteiger partial charge in [-0.2, -0.15) is 0 Å². The summed E-state index contributed by atoms with van der Waals surface area (Å²) in [7, 11) is 0. The standard InChI is InChI=1S/C16H22N2O3/c1-3-21-16(20)17-15-9-14(10-18(11-15)12(2)19)13-7-5-4-6-8-13/h4-8,14-15H,3,9-11H2,1-2H3,(H,17,20). The highest BCUT2D eigenvalue weighted by molar-refractivity contribution is 5.74. The summed E-state index contributed by atoms with van der Waals surface area (Å²) in [5, 5.41) is 2.85. The topological polar surface area (TPSA) is 58.6 Å². The lowest BCUT2D eigenvalue weighted by Crippen LogP contribution is -2.51. The van der Waals surface area contributed by atoms with Crippen molar-refractivity contribution in [2.45, 2.75) is 32.2 Å². The van der Waals surface area contributed by atoms with Crippen LogP contribution in [0.2, 0.25) is 0 Å². The van der Waals surface area contributed by atoms with E-state index in [1.54, 1.807) is 18.7 Å². The highest BCUT2D eigenvalue weighted by atomic mass is 16.5. The monoisotopic (exact) mass is 290 g/mol. The number of ether oxygens (including phenoxy) is 1. The Morgan fingerprint density at radius 1 is 1.29 bits per heavy atom. The minimum absolute atomic E-state index is 0.0336. The lowest BCUT2D eigenvalue weighted by molar-refractivity contribution is -0.130. The molecule has 0 aliphatic carbocycles. The summed E-state index contributed by atoms with van der Waals surface area (Å²) < 4.78 is 4.93. The van der Waals surface area contributed by atoms with Crippen molar-refractivity contribution in [2.75, 3.05) is 19.7 Å². The molecule has 0 bridgehead atoms. The molecule has 0 aromatic heterocycles. The van der Waals surface area contributed by atoms with E-state index >= 15 is 0 Å². The lowest BCUT2D eigenvalue weighted by Gasteiger charge is -2.37. The number of benzene rings is 1. The molecule has 0 spiro atoms. The molecule has 0 saturated carbocycles. The van der Waals surface area contributed by atoms with Gasteiger partial charge in [0.2, 0.25) is 5.91 Å². The Labute approximate surface area is 125 Å². The summed E-state index contributed by atoms with van der Waals surface area (Å²) in [4.78, 5) is 25.1. The Balaban J connectivity index is 2.08. The zero-order valence-corrected chi connectivity index (χ0v) is 12.5. The van der Waals surface area contributed by atoms with Crippen molar-refractivity contribution in [1.29, 1.82) is 0 Å². The van der Waals surface area contributed by atoms with Gasteiger partial charge in [0.25, 0.3) is 0 Å². The van der Waals surface area contributed by atoms with Gasteiger partial charge in [-0.1, -0.05) is 30.3 Å². The third-order valence-corrected chi connectivity index (χ3v) is 3.76. The molecule has 1 aliphatic rings. The molecule has 1 aromatic carbocycles. The number of hydrogen-bond acceptors (Lipinski definition) is 3. The van der Waals surface area contributed by atoms with E-state index in [0.29, 0.717) is 19.7 Å². The molecule has 1 heterocycles. The molecule has 2 atom stereocenters. The Morgan fingerprint density at radius 2 is 2.00 bits per heavy atom. The highest BCUT2D eigenvalue weighted by Crippen LogP contribution is 2.27. The Morgan fingerprint density at radius 3 is 2.62 bits per heavy atom. The van der Waals surface area contributed by atoms with Crippen molar-refractivity contribution in [2.24, 2.45) is 0 Å². The number of nitrogens with one attached hydrogen (secondary N) is 1. The van der Waals surface area contributed by atoms with E-state index in [-0.39, 0.29) is 17.9 Å². The van der Waals surface area contributed by atoms with Crippen molar-refractivity contribution < 1.29 is 14.3 Å². The normalized spacial score (nSPS) is 21.7. The van der Waals surface area contributed by atoms with Gasteiger partial charge in [0, 0.05) is 25.9 Å². The van der Waals surface area contributed by atoms with Crippen molar-refractivity contribution >= 4 is 12.0 Å². The second-order valence-electron chi connectivity index (χ2n) is 5.33. The average molecular weight is 290 g/mol. The zero-order valence-electron chi connectivity index (χ0n) is 12.5. The fourth-order valence-electron chi connectivity index (χ4n) is 2.77. The van der Waals surface area contributed by atoms with Gasteiger partial charge in [-0.3, -0.25) is 4.79 Å². The van der Waals surface area contributed by atoms with Gasteiger partial charge >= 0.3 is 6.09 Å². The number of amides is 2. The van der Waals surface area contributed by atoms with Crippen LogP contribution >= 0.6 is 0 Å². The maximum absolute atomic E-state index is 11.7. The molecule has 21 heavy (non-hydrogen) atoms. The highest BCUT2D eigenvalue weighted by Gasteiger charge is 2.30. The molecule has 2 unspecified atom stereocenters. The maximum atomic E-state index is 11.7. The van der Waals surface area contributed by atoms with E-state index in [0.717, 1.165) is 6.42 Å². The summed E-state index contributed by atoms with van der Waals surface area (Å²) in [6.45, 7) is 4.92. The predicted molar refractivity (Wildman–Crippen MR) is 80.0 cm³/mol. The number of rotatable bonds is 3. The summed E-state index contributed by atoms with van der Waals surface area (Å²) >= 11 is 0. The van der Waals surface area contributed by atoms with Crippen LogP contribution in [-0.4, -0.2) is 42.6 Å². The van der Waals surface area contributed by atoms with Gasteiger partial charge in [-0.25, -0.2) is 4.79 Å². The van der Waals surface area contributed by atoms with Crippen molar-refractivity contribution in [1.82, 2.24) is 10.2 Å². The van der Waals surface area contributed by atoms with Gasteiger partial charge < -0.3 is 15.0 Å². The molecule has 2 amide bonds. The quantitative estimate of drug-likeness (QED) is 0.928. The second kappa shape index (κ2) is 7.11. The number of carbonyl (C=O) groups is 2. The SMILES string of the molecule is CCOC(=O)NC1CC(c2ccccc2)CN(C(C)=O)C1. The predicted octanol–water partition coefficient (Wildman–Crippen LogP) is 2.14. The van der Waals surface area contributed by atoms with E-state index in [1.165, 1.54) is 5.56 Å². The third kappa shape index (κ3) is 4.21. The minimum atomic E-state index is -0.417. The average Bonchev–Trinajstić information content (AvgIpc) is 2.48. The number of alkyl carbamates (subject to hydrolysis) is 1. The maximum Gasteiger partial charge on any atom is 0.407 e. The van der Waals surface area contributed by atoms with Gasteiger partial charge in [0.1, 0.15) is 0 Å². The van der Waals surface area contributed by atoms with Crippen LogP contribution in [0.15, 0.2) is 30.3 Å². The zero-order chi connectivity index (χ0) is 15.2. The van der Waals surface area contributed by atoms with E-state index < -0.39 is 6.09 Å². The number of hydrogen-bond donors (Lipinski definition) is 1. The molecule has 5 heteroatoms. The van der Waals surface area contributed by atoms with E-state index in [4.69, 9.17) is 4.74 Å². The molecule has 1 aromatic rings. The van der Waals surface area contributed by atoms with Crippen LogP contribution < -0.4 is 5.32 Å². The van der Waals surface area contributed by atoms with Gasteiger partial charge in [0.15, 0.2) is 0 Å². The number of nitrogens with zero attached hydrogens (tertiary/aromatic N) is 1. The number of carbonyl (C=O) groups excluding carboxylic acids is 2. The Kier molecular flexibility index (Phi) is 5.20. The van der Waals surface area contributed by atoms with Crippen LogP contribution in [0.3, 0.4) is 0 Å². The van der Waals surface area contributed by atoms with Gasteiger partial charge in [-0.15, -0.1) is 0 Å². The largest absolute Gasteiger partial charge is 0.450 e. The van der Waals surface area contributed by atoms with Crippen LogP contribution in [-0.2, 0) is 9.53 Å². The summed E-state index contributed by atoms with van der Waals surface area (Å²) in [6.07, 6.45) is 0.395. The Hall–Kier alpha value is -2.04. The smallest absolute Gasteiger partial charge is 0.407 e. The molecule has 5 nitrogen and oxygen atoms in total. The first-order chi connectivity index (χ1) is 10.1. The second-order valence-corrected chi connectivity index (χ2v) is 5.33. The lowest BCUT2D eigenvalue weighted by atomic mass is 9.88. The van der Waals surface area contributed by atoms with Gasteiger partial charge in [0.05, 0.1) is 12.6 Å². The number of likely N-dealkylation sites (tertiary alicyclic amines) is 1. The summed E-state index contributed by atoms with van der Waals surface area (Å²) in [6, 6.07) is 10.0. The molecule has 114 valence electrons. The van der Waals surface area contributed by atoms with Crippen LogP contribution in [0.25, 0.3) is 0 Å². The van der Waals surface area contributed by atoms with Crippen molar-refractivity contribution in [3.8, 4) is 0 Å². The molecule has 1 fully saturated rings. The fourth-order valence-corrected chi connectivity index (χ4v) is 2.77. The van der Waals surface area contributed by atoms with E-state index in [2.05, 4.69) is 17.4 Å². The number of piperidine rings is 1. The van der Waals surface area contributed by atoms with Crippen LogP contribution in [0, 0.1) is 0 Å². The van der Waals surface area contributed by atoms with E-state index in [9.17, 15) is 9.59 Å². The van der Waals surface area contributed by atoms with Gasteiger partial charge in [-0.05, 0) is 18.9 Å². The first-order valence-corrected chi connectivity index (χ1v) is 7.34. The molecule has 1 aliphatic heterocycles. The van der Waals surface area contributed by atoms with Crippen LogP contribution in [0.1, 0.15) is 31.7 Å². The summed E-state index contributed by atoms with van der Waals surface area (Å²) in [5.74, 6) is 0.266. The Bertz CT molecular complexity index is 490. The fraction of sp³-hybridized carbons (Fsp3) is 0.500. The van der Waals surface area contributed by atoms with Crippen molar-refractivity contribution in [3.05, 3.63) is 35.9 Å². The van der Waals surface area contributed by atoms with Crippen LogP contribution in [0.5, 0.6) is 0 Å². The minimum Gasteiger partial charge on any atom is -0.450 e. The van der Waals surface area contributed by atoms with Crippen LogP contribution in [0.4, 0.5) is 4.79 Å². The van der Waals surface area contributed by atoms with Crippen molar-refractivity contribution in [3.63, 3.8) is 0 Å². The molecule has 0 radical (unpaired) electrons. The molecule has 1 saturated heterocycles. The molecule has 2 rings (SSSR count). The molecular weight excluding hydrogens is 268 g/mol. The van der Waals surface area contributed by atoms with E-state index in [1.807, 2.05) is 18.2 Å². The third-order valence-electron chi connectivity index (χ3n) is 3.76. The first kappa shape index (κ1) is 15.4. The molecule has 1 N–H and O–H groups in total. The summed E-state index contributed by atoms with van der Waals surface area (Å²) in [5.41, 5.74) is 1.19.